The molecule has 2 aliphatic rings. The Hall–Kier alpha value is -3.81. The second kappa shape index (κ2) is 10.7. The molecule has 3 aromatic rings. The number of ether oxygens (including phenoxy) is 2. The van der Waals surface area contributed by atoms with E-state index < -0.39 is 12.1 Å². The van der Waals surface area contributed by atoms with E-state index in [0.29, 0.717) is 28.4 Å². The van der Waals surface area contributed by atoms with Gasteiger partial charge < -0.3 is 14.8 Å². The molecule has 1 aromatic heterocycles. The number of rotatable bonds is 6. The molecule has 2 amide bonds. The lowest BCUT2D eigenvalue weighted by atomic mass is 9.94. The van der Waals surface area contributed by atoms with E-state index in [1.165, 1.54) is 6.42 Å². The summed E-state index contributed by atoms with van der Waals surface area (Å²) in [6.45, 7) is 3.89. The molecule has 37 heavy (non-hydrogen) atoms. The van der Waals surface area contributed by atoms with Crippen LogP contribution in [0.25, 0.3) is 0 Å². The molecule has 0 saturated heterocycles. The van der Waals surface area contributed by atoms with E-state index in [1.807, 2.05) is 69.6 Å². The van der Waals surface area contributed by atoms with Crippen molar-refractivity contribution in [2.45, 2.75) is 64.1 Å². The second-order valence-corrected chi connectivity index (χ2v) is 10.0. The number of fused-ring (bicyclic) bond motifs is 1. The van der Waals surface area contributed by atoms with E-state index in [1.54, 1.807) is 15.6 Å². The third-order valence-corrected chi connectivity index (χ3v) is 7.11. The van der Waals surface area contributed by atoms with Gasteiger partial charge in [-0.1, -0.05) is 43.5 Å². The van der Waals surface area contributed by atoms with Crippen LogP contribution in [0.2, 0.25) is 0 Å². The number of nitrogens with zero attached hydrogens (tertiary/aromatic N) is 3. The monoisotopic (exact) mass is 502 g/mol. The van der Waals surface area contributed by atoms with E-state index in [0.717, 1.165) is 31.2 Å². The van der Waals surface area contributed by atoms with Crippen LogP contribution >= 0.6 is 0 Å². The van der Waals surface area contributed by atoms with Gasteiger partial charge in [0.15, 0.2) is 11.5 Å². The molecule has 1 saturated carbocycles. The fourth-order valence-corrected chi connectivity index (χ4v) is 5.29. The number of nitrogens with one attached hydrogen (secondary N) is 1. The Labute approximate surface area is 217 Å². The molecule has 8 heteroatoms. The van der Waals surface area contributed by atoms with Crippen LogP contribution in [0.1, 0.15) is 55.0 Å². The summed E-state index contributed by atoms with van der Waals surface area (Å²) in [5, 5.41) is 7.75. The van der Waals surface area contributed by atoms with Crippen LogP contribution in [0.5, 0.6) is 11.5 Å². The minimum Gasteiger partial charge on any atom is -0.485 e. The number of anilines is 1. The Balaban J connectivity index is 1.56. The molecule has 1 N–H and O–H groups in total. The van der Waals surface area contributed by atoms with Gasteiger partial charge in [0.2, 0.25) is 12.0 Å². The fraction of sp³-hybridized carbons (Fsp3) is 0.414. The molecule has 194 valence electrons. The number of aryl methyl sites for hydroxylation is 3. The topological polar surface area (TPSA) is 85.7 Å². The van der Waals surface area contributed by atoms with Gasteiger partial charge in [-0.3, -0.25) is 19.2 Å². The summed E-state index contributed by atoms with van der Waals surface area (Å²) in [6.07, 6.45) is 6.18. The molecule has 0 radical (unpaired) electrons. The maximum absolute atomic E-state index is 14.3. The summed E-state index contributed by atoms with van der Waals surface area (Å²) < 4.78 is 13.7. The van der Waals surface area contributed by atoms with Crippen LogP contribution in [-0.4, -0.2) is 40.3 Å². The van der Waals surface area contributed by atoms with Crippen LogP contribution in [0.15, 0.2) is 54.7 Å². The molecule has 5 rings (SSSR count). The maximum atomic E-state index is 14.3. The van der Waals surface area contributed by atoms with Crippen molar-refractivity contribution in [3.8, 4) is 11.5 Å². The molecule has 8 nitrogen and oxygen atoms in total. The van der Waals surface area contributed by atoms with E-state index in [9.17, 15) is 9.59 Å². The minimum absolute atomic E-state index is 0.0567. The van der Waals surface area contributed by atoms with Gasteiger partial charge in [-0.15, -0.1) is 0 Å². The van der Waals surface area contributed by atoms with Crippen molar-refractivity contribution < 1.29 is 19.1 Å². The number of hydrogen-bond acceptors (Lipinski definition) is 5. The molecule has 2 aromatic carbocycles. The van der Waals surface area contributed by atoms with Crippen LogP contribution < -0.4 is 19.7 Å². The smallest absolute Gasteiger partial charge is 0.272 e. The first-order valence-corrected chi connectivity index (χ1v) is 13.0. The zero-order valence-corrected chi connectivity index (χ0v) is 21.6. The van der Waals surface area contributed by atoms with Gasteiger partial charge in [0.25, 0.3) is 5.91 Å². The Morgan fingerprint density at radius 2 is 1.81 bits per heavy atom. The fourth-order valence-electron chi connectivity index (χ4n) is 5.29. The van der Waals surface area contributed by atoms with Gasteiger partial charge in [0.1, 0.15) is 12.6 Å². The molecule has 2 heterocycles. The highest BCUT2D eigenvalue weighted by Crippen LogP contribution is 2.35. The molecule has 1 aliphatic carbocycles. The van der Waals surface area contributed by atoms with Gasteiger partial charge in [-0.05, 0) is 56.5 Å². The summed E-state index contributed by atoms with van der Waals surface area (Å²) in [5.41, 5.74) is 2.99. The molecular formula is C29H34N4O4. The van der Waals surface area contributed by atoms with Crippen molar-refractivity contribution >= 4 is 17.5 Å². The lowest BCUT2D eigenvalue weighted by molar-refractivity contribution is -0.132. The molecule has 1 aliphatic heterocycles. The van der Waals surface area contributed by atoms with E-state index in [2.05, 4.69) is 10.4 Å². The van der Waals surface area contributed by atoms with Gasteiger partial charge in [-0.2, -0.15) is 5.10 Å². The zero-order valence-electron chi connectivity index (χ0n) is 21.6. The molecular weight excluding hydrogens is 468 g/mol. The van der Waals surface area contributed by atoms with Crippen molar-refractivity contribution in [3.05, 3.63) is 71.5 Å². The lowest BCUT2D eigenvalue weighted by Crippen LogP contribution is -2.52. The zero-order chi connectivity index (χ0) is 25.9. The van der Waals surface area contributed by atoms with Gasteiger partial charge in [0.05, 0.1) is 5.69 Å². The Morgan fingerprint density at radius 3 is 2.51 bits per heavy atom. The molecule has 0 unspecified atom stereocenters. The average molecular weight is 503 g/mol. The van der Waals surface area contributed by atoms with E-state index >= 15 is 0 Å². The highest BCUT2D eigenvalue weighted by molar-refractivity contribution is 6.03. The Morgan fingerprint density at radius 1 is 1.05 bits per heavy atom. The highest BCUT2D eigenvalue weighted by atomic mass is 16.6. The molecule has 1 fully saturated rings. The average Bonchev–Trinajstić information content (AvgIpc) is 3.24. The SMILES string of the molecule is Cc1cccc(N(C(=O)[C@H]2COc3ccccc3O2)[C@H](C(=O)NC2CCCCC2)c2cn(C)nc2C)c1. The van der Waals surface area contributed by atoms with Crippen LogP contribution in [-0.2, 0) is 16.6 Å². The molecule has 0 bridgehead atoms. The summed E-state index contributed by atoms with van der Waals surface area (Å²) in [4.78, 5) is 29.9. The number of carbonyl (C=O) groups is 2. The summed E-state index contributed by atoms with van der Waals surface area (Å²) >= 11 is 0. The number of benzene rings is 2. The third kappa shape index (κ3) is 5.33. The van der Waals surface area contributed by atoms with Gasteiger partial charge >= 0.3 is 0 Å². The van der Waals surface area contributed by atoms with Gasteiger partial charge in [-0.25, -0.2) is 0 Å². The number of hydrogen-bond donors (Lipinski definition) is 1. The van der Waals surface area contributed by atoms with Crippen molar-refractivity contribution in [2.75, 3.05) is 11.5 Å². The Kier molecular flexibility index (Phi) is 7.17. The minimum atomic E-state index is -0.911. The summed E-state index contributed by atoms with van der Waals surface area (Å²) in [7, 11) is 1.82. The quantitative estimate of drug-likeness (QED) is 0.540. The first kappa shape index (κ1) is 24.9. The van der Waals surface area contributed by atoms with Crippen molar-refractivity contribution in [1.29, 1.82) is 0 Å². The highest BCUT2D eigenvalue weighted by Gasteiger charge is 2.41. The van der Waals surface area contributed by atoms with Crippen LogP contribution in [0, 0.1) is 13.8 Å². The van der Waals surface area contributed by atoms with Crippen molar-refractivity contribution in [2.24, 2.45) is 7.05 Å². The predicted molar refractivity (Wildman–Crippen MR) is 141 cm³/mol. The summed E-state index contributed by atoms with van der Waals surface area (Å²) in [5.74, 6) is 0.558. The largest absolute Gasteiger partial charge is 0.485 e. The number of aromatic nitrogens is 2. The van der Waals surface area contributed by atoms with Crippen molar-refractivity contribution in [3.63, 3.8) is 0 Å². The van der Waals surface area contributed by atoms with Crippen molar-refractivity contribution in [1.82, 2.24) is 15.1 Å². The van der Waals surface area contributed by atoms with Gasteiger partial charge in [0, 0.05) is 30.5 Å². The van der Waals surface area contributed by atoms with Crippen LogP contribution in [0.3, 0.4) is 0 Å². The molecule has 0 spiro atoms. The third-order valence-electron chi connectivity index (χ3n) is 7.11. The molecule has 2 atom stereocenters. The second-order valence-electron chi connectivity index (χ2n) is 10.0. The number of carbonyl (C=O) groups excluding carboxylic acids is 2. The number of para-hydroxylation sites is 2. The normalized spacial score (nSPS) is 18.2. The van der Waals surface area contributed by atoms with Crippen LogP contribution in [0.4, 0.5) is 5.69 Å². The first-order chi connectivity index (χ1) is 17.9. The predicted octanol–water partition coefficient (Wildman–Crippen LogP) is 4.40. The summed E-state index contributed by atoms with van der Waals surface area (Å²) in [6, 6.07) is 14.1. The number of amides is 2. The standard InChI is InChI=1S/C29H34N4O4/c1-19-10-9-13-22(16-19)33(29(35)26-18-36-24-14-7-8-15-25(24)37-26)27(23-17-32(3)31-20(23)2)28(34)30-21-11-5-4-6-12-21/h7-10,13-17,21,26-27H,4-6,11-12,18H2,1-3H3,(H,30,34)/t26-,27+/m1/s1. The first-order valence-electron chi connectivity index (χ1n) is 13.0. The van der Waals surface area contributed by atoms with E-state index in [4.69, 9.17) is 9.47 Å². The van der Waals surface area contributed by atoms with E-state index in [-0.39, 0.29) is 24.5 Å². The maximum Gasteiger partial charge on any atom is 0.272 e. The Bertz CT molecular complexity index is 1280. The lowest BCUT2D eigenvalue weighted by Gasteiger charge is -2.36.